The summed E-state index contributed by atoms with van der Waals surface area (Å²) in [6.07, 6.45) is 10.9. The summed E-state index contributed by atoms with van der Waals surface area (Å²) in [5, 5.41) is 9.03. The molecule has 2 aliphatic rings. The summed E-state index contributed by atoms with van der Waals surface area (Å²) in [4.78, 5) is 32.3. The third kappa shape index (κ3) is 5.37. The van der Waals surface area contributed by atoms with E-state index in [4.69, 9.17) is 4.42 Å². The zero-order chi connectivity index (χ0) is 23.3. The van der Waals surface area contributed by atoms with Crippen LogP contribution in [-0.2, 0) is 11.3 Å². The molecule has 5 rings (SSSR count). The summed E-state index contributed by atoms with van der Waals surface area (Å²) in [6, 6.07) is 12.9. The number of carbonyl (C=O) groups excluding carboxylic acids is 2. The minimum atomic E-state index is -0.388. The first kappa shape index (κ1) is 22.4. The second-order valence-electron chi connectivity index (χ2n) is 8.40. The molecule has 1 aliphatic carbocycles. The van der Waals surface area contributed by atoms with E-state index in [1.807, 2.05) is 6.07 Å². The number of furan rings is 1. The molecule has 1 saturated heterocycles. The van der Waals surface area contributed by atoms with Crippen molar-refractivity contribution >= 4 is 34.9 Å². The van der Waals surface area contributed by atoms with Crippen molar-refractivity contribution in [1.29, 1.82) is 0 Å². The van der Waals surface area contributed by atoms with E-state index in [9.17, 15) is 9.59 Å². The van der Waals surface area contributed by atoms with Gasteiger partial charge in [-0.1, -0.05) is 24.3 Å². The Morgan fingerprint density at radius 3 is 2.68 bits per heavy atom. The lowest BCUT2D eigenvalue weighted by Crippen LogP contribution is -2.37. The van der Waals surface area contributed by atoms with Crippen molar-refractivity contribution in [3.8, 4) is 11.1 Å². The van der Waals surface area contributed by atoms with Crippen molar-refractivity contribution in [2.75, 3.05) is 5.32 Å². The van der Waals surface area contributed by atoms with Crippen molar-refractivity contribution in [3.05, 3.63) is 71.3 Å². The van der Waals surface area contributed by atoms with Crippen LogP contribution >= 0.6 is 11.8 Å². The molecule has 3 aromatic rings. The van der Waals surface area contributed by atoms with E-state index < -0.39 is 0 Å². The van der Waals surface area contributed by atoms with Gasteiger partial charge in [0.05, 0.1) is 23.1 Å². The number of anilines is 1. The predicted molar refractivity (Wildman–Crippen MR) is 132 cm³/mol. The van der Waals surface area contributed by atoms with Crippen LogP contribution in [0.2, 0.25) is 0 Å². The van der Waals surface area contributed by atoms with Crippen LogP contribution in [0.15, 0.2) is 64.4 Å². The maximum atomic E-state index is 11.8. The largest absolute Gasteiger partial charge is 0.472 e. The lowest BCUT2D eigenvalue weighted by Gasteiger charge is -2.30. The molecular weight excluding hydrogens is 450 g/mol. The van der Waals surface area contributed by atoms with Gasteiger partial charge < -0.3 is 15.1 Å². The Kier molecular flexibility index (Phi) is 6.73. The minimum absolute atomic E-state index is 0.296. The molecule has 2 fully saturated rings. The van der Waals surface area contributed by atoms with Crippen LogP contribution in [0.3, 0.4) is 0 Å². The summed E-state index contributed by atoms with van der Waals surface area (Å²) in [7, 11) is 0. The molecule has 34 heavy (non-hydrogen) atoms. The fourth-order valence-corrected chi connectivity index (χ4v) is 5.00. The molecule has 0 radical (unpaired) electrons. The highest BCUT2D eigenvalue weighted by Gasteiger charge is 2.25. The van der Waals surface area contributed by atoms with Crippen LogP contribution in [0.1, 0.15) is 36.9 Å². The molecule has 8 nitrogen and oxygen atoms in total. The van der Waals surface area contributed by atoms with Crippen molar-refractivity contribution in [1.82, 2.24) is 20.6 Å². The maximum Gasteiger partial charge on any atom is 0.290 e. The number of benzene rings is 1. The van der Waals surface area contributed by atoms with Crippen LogP contribution in [0.4, 0.5) is 10.7 Å². The van der Waals surface area contributed by atoms with Gasteiger partial charge in [-0.3, -0.25) is 14.9 Å². The SMILES string of the molecule is O=C1NC(=O)/C(=C/c2ccnc(NC3CCC(NCc4ccccc4-c4ccoc4)CC3)n2)S1. The molecule has 2 amide bonds. The van der Waals surface area contributed by atoms with Crippen LogP contribution < -0.4 is 16.0 Å². The summed E-state index contributed by atoms with van der Waals surface area (Å²) < 4.78 is 5.26. The summed E-state index contributed by atoms with van der Waals surface area (Å²) in [6.45, 7) is 0.817. The Balaban J connectivity index is 1.13. The first-order chi connectivity index (χ1) is 16.6. The van der Waals surface area contributed by atoms with E-state index in [1.165, 1.54) is 11.1 Å². The fourth-order valence-electron chi connectivity index (χ4n) is 4.33. The van der Waals surface area contributed by atoms with Crippen molar-refractivity contribution in [2.45, 2.75) is 44.3 Å². The Bertz CT molecular complexity index is 1200. The monoisotopic (exact) mass is 475 g/mol. The average Bonchev–Trinajstić information content (AvgIpc) is 3.49. The number of imide groups is 1. The molecule has 174 valence electrons. The number of amides is 2. The lowest BCUT2D eigenvalue weighted by atomic mass is 9.91. The lowest BCUT2D eigenvalue weighted by molar-refractivity contribution is -0.115. The van der Waals surface area contributed by atoms with E-state index in [2.05, 4.69) is 50.2 Å². The van der Waals surface area contributed by atoms with Gasteiger partial charge in [0, 0.05) is 30.4 Å². The standard InChI is InChI=1S/C25H25N5O3S/c31-23-22(34-25(32)30-23)13-20-9-11-26-24(29-20)28-19-7-5-18(6-8-19)27-14-16-3-1-2-4-21(16)17-10-12-33-15-17/h1-4,9-13,15,18-19,27H,5-8,14H2,(H,26,28,29)(H,30,31,32)/b22-13-. The van der Waals surface area contributed by atoms with Crippen molar-refractivity contribution < 1.29 is 14.0 Å². The Morgan fingerprint density at radius 1 is 1.09 bits per heavy atom. The number of nitrogens with one attached hydrogen (secondary N) is 3. The second kappa shape index (κ2) is 10.2. The molecule has 1 aliphatic heterocycles. The third-order valence-electron chi connectivity index (χ3n) is 6.09. The topological polar surface area (TPSA) is 109 Å². The molecule has 0 bridgehead atoms. The molecule has 2 aromatic heterocycles. The molecular formula is C25H25N5O3S. The van der Waals surface area contributed by atoms with Gasteiger partial charge in [0.1, 0.15) is 0 Å². The molecule has 1 saturated carbocycles. The van der Waals surface area contributed by atoms with Gasteiger partial charge in [0.15, 0.2) is 0 Å². The molecule has 0 spiro atoms. The number of hydrogen-bond acceptors (Lipinski definition) is 8. The minimum Gasteiger partial charge on any atom is -0.472 e. The highest BCUT2D eigenvalue weighted by molar-refractivity contribution is 8.18. The van der Waals surface area contributed by atoms with Gasteiger partial charge >= 0.3 is 0 Å². The third-order valence-corrected chi connectivity index (χ3v) is 6.90. The zero-order valence-corrected chi connectivity index (χ0v) is 19.3. The molecule has 1 aromatic carbocycles. The quantitative estimate of drug-likeness (QED) is 0.426. The highest BCUT2D eigenvalue weighted by Crippen LogP contribution is 2.27. The highest BCUT2D eigenvalue weighted by atomic mass is 32.2. The molecule has 3 N–H and O–H groups in total. The Hall–Kier alpha value is -3.43. The number of aromatic nitrogens is 2. The normalized spacial score (nSPS) is 21.6. The second-order valence-corrected chi connectivity index (χ2v) is 9.42. The molecule has 9 heteroatoms. The summed E-state index contributed by atoms with van der Waals surface area (Å²) in [5.41, 5.74) is 4.15. The number of nitrogens with zero attached hydrogens (tertiary/aromatic N) is 2. The van der Waals surface area contributed by atoms with Crippen LogP contribution in [0, 0.1) is 0 Å². The first-order valence-electron chi connectivity index (χ1n) is 11.3. The van der Waals surface area contributed by atoms with Gasteiger partial charge in [-0.2, -0.15) is 0 Å². The van der Waals surface area contributed by atoms with Gasteiger partial charge in [-0.25, -0.2) is 9.97 Å². The number of carbonyl (C=O) groups is 2. The van der Waals surface area contributed by atoms with Gasteiger partial charge in [-0.05, 0) is 66.8 Å². The van der Waals surface area contributed by atoms with E-state index in [0.717, 1.165) is 49.6 Å². The average molecular weight is 476 g/mol. The maximum absolute atomic E-state index is 11.8. The number of hydrogen-bond donors (Lipinski definition) is 3. The summed E-state index contributed by atoms with van der Waals surface area (Å²) in [5.74, 6) is 0.149. The van der Waals surface area contributed by atoms with Crippen molar-refractivity contribution in [2.24, 2.45) is 0 Å². The Morgan fingerprint density at radius 2 is 1.91 bits per heavy atom. The van der Waals surface area contributed by atoms with Gasteiger partial charge in [-0.15, -0.1) is 0 Å². The number of thioether (sulfide) groups is 1. The summed E-state index contributed by atoms with van der Waals surface area (Å²) >= 11 is 0.882. The smallest absolute Gasteiger partial charge is 0.290 e. The molecule has 3 heterocycles. The van der Waals surface area contributed by atoms with E-state index in [1.54, 1.807) is 30.9 Å². The van der Waals surface area contributed by atoms with Gasteiger partial charge in [0.2, 0.25) is 5.95 Å². The van der Waals surface area contributed by atoms with E-state index >= 15 is 0 Å². The Labute approximate surface area is 201 Å². The number of rotatable bonds is 7. The first-order valence-corrected chi connectivity index (χ1v) is 12.1. The van der Waals surface area contributed by atoms with Crippen molar-refractivity contribution in [3.63, 3.8) is 0 Å². The van der Waals surface area contributed by atoms with E-state index in [-0.39, 0.29) is 11.1 Å². The molecule has 0 atom stereocenters. The van der Waals surface area contributed by atoms with Crippen LogP contribution in [0.25, 0.3) is 17.2 Å². The molecule has 0 unspecified atom stereocenters. The van der Waals surface area contributed by atoms with Crippen LogP contribution in [0.5, 0.6) is 0 Å². The van der Waals surface area contributed by atoms with Crippen LogP contribution in [-0.4, -0.2) is 33.2 Å². The van der Waals surface area contributed by atoms with E-state index in [0.29, 0.717) is 28.6 Å². The fraction of sp³-hybridized carbons (Fsp3) is 0.280. The zero-order valence-electron chi connectivity index (χ0n) is 18.5. The predicted octanol–water partition coefficient (Wildman–Crippen LogP) is 4.57. The van der Waals surface area contributed by atoms with Gasteiger partial charge in [0.25, 0.3) is 11.1 Å².